The highest BCUT2D eigenvalue weighted by Gasteiger charge is 2.24. The third-order valence-corrected chi connectivity index (χ3v) is 4.47. The number of aromatic hydroxyl groups is 1. The summed E-state index contributed by atoms with van der Waals surface area (Å²) in [4.78, 5) is 48.4. The van der Waals surface area contributed by atoms with Crippen molar-refractivity contribution in [1.82, 2.24) is 0 Å². The Balaban J connectivity index is 2.48. The molecular weight excluding hydrogens is 392 g/mol. The van der Waals surface area contributed by atoms with Gasteiger partial charge in [-0.05, 0) is 24.6 Å². The van der Waals surface area contributed by atoms with Crippen LogP contribution >= 0.6 is 0 Å². The molecule has 1 aliphatic rings. The lowest BCUT2D eigenvalue weighted by molar-refractivity contribution is -0.482. The molecular formula is C21H22N2O7. The number of phenols is 1. The van der Waals surface area contributed by atoms with Crippen LogP contribution in [0.3, 0.4) is 0 Å². The van der Waals surface area contributed by atoms with E-state index in [2.05, 4.69) is 0 Å². The zero-order valence-electron chi connectivity index (χ0n) is 16.6. The van der Waals surface area contributed by atoms with Crippen molar-refractivity contribution < 1.29 is 38.9 Å². The van der Waals surface area contributed by atoms with Gasteiger partial charge in [-0.2, -0.15) is 0 Å². The number of carbonyl (C=O) groups is 4. The van der Waals surface area contributed by atoms with Crippen LogP contribution in [0.15, 0.2) is 30.4 Å². The molecule has 0 radical (unpaired) electrons. The monoisotopic (exact) mass is 414 g/mol. The predicted octanol–water partition coefficient (Wildman–Crippen LogP) is 0.735. The number of Topliss-reactive ketones (excluding diaryl/α,β-unsaturated/α-hetero) is 2. The van der Waals surface area contributed by atoms with E-state index in [1.54, 1.807) is 13.8 Å². The second kappa shape index (κ2) is 10.2. The Labute approximate surface area is 172 Å². The summed E-state index contributed by atoms with van der Waals surface area (Å²) in [7, 11) is 0. The average Bonchev–Trinajstić information content (AvgIpc) is 2.70. The number of fused-ring (bicyclic) bond motifs is 1. The Hall–Kier alpha value is -3.62. The second-order valence-electron chi connectivity index (χ2n) is 6.71. The molecule has 0 fully saturated rings. The molecule has 0 amide bonds. The van der Waals surface area contributed by atoms with Gasteiger partial charge in [0.15, 0.2) is 6.54 Å². The number of allylic oxidation sites excluding steroid dienone is 2. The van der Waals surface area contributed by atoms with Gasteiger partial charge in [0.25, 0.3) is 5.78 Å². The first-order valence-corrected chi connectivity index (χ1v) is 9.28. The summed E-state index contributed by atoms with van der Waals surface area (Å²) in [6.45, 7) is 3.48. The largest absolute Gasteiger partial charge is 0.508 e. The fourth-order valence-electron chi connectivity index (χ4n) is 2.60. The molecule has 158 valence electrons. The van der Waals surface area contributed by atoms with Crippen molar-refractivity contribution in [2.45, 2.75) is 26.4 Å². The number of rotatable bonds is 4. The predicted molar refractivity (Wildman–Crippen MR) is 105 cm³/mol. The van der Waals surface area contributed by atoms with Crippen molar-refractivity contribution in [3.63, 3.8) is 0 Å². The number of benzene rings is 1. The standard InChI is InChI=1S/C21H22N2O7/c1-12-6-7-17(25)20(27)16(24)5-3-4-14-10-15(29-9-8-23-22)11-18(26)19(14)21(28)30-13(12)2/h3-4,6-7,10-13,23,26H,5,8-9H2,1-2H3/b4-3+,7-6-/t12-,13+/m1/s1. The lowest BCUT2D eigenvalue weighted by Crippen LogP contribution is -2.64. The number of esters is 1. The van der Waals surface area contributed by atoms with Crippen molar-refractivity contribution in [3.8, 4) is 11.5 Å². The number of nitrogens with zero attached hydrogens (tertiary/aromatic N) is 1. The minimum atomic E-state index is -1.14. The highest BCUT2D eigenvalue weighted by molar-refractivity contribution is 6.66. The quantitative estimate of drug-likeness (QED) is 0.320. The number of carbonyl (C=O) groups excluding carboxylic acids is 4. The SMILES string of the molecule is C[C@@H]1/C=C\C(=O)C(=O)C(=O)C/C=C/c2cc(OCC[NH+]=[N-])cc(O)c2C(=O)O[C@H]1C. The molecule has 0 aliphatic carbocycles. The van der Waals surface area contributed by atoms with Crippen molar-refractivity contribution >= 4 is 29.4 Å². The highest BCUT2D eigenvalue weighted by Crippen LogP contribution is 2.30. The van der Waals surface area contributed by atoms with Crippen LogP contribution < -0.4 is 9.85 Å². The van der Waals surface area contributed by atoms with E-state index in [1.807, 2.05) is 5.11 Å². The van der Waals surface area contributed by atoms with Crippen molar-refractivity contribution in [3.05, 3.63) is 47.0 Å². The first kappa shape index (κ1) is 22.7. The van der Waals surface area contributed by atoms with Crippen LogP contribution in [-0.4, -0.2) is 47.7 Å². The Morgan fingerprint density at radius 1 is 1.20 bits per heavy atom. The van der Waals surface area contributed by atoms with E-state index < -0.39 is 41.1 Å². The first-order valence-electron chi connectivity index (χ1n) is 9.28. The summed E-state index contributed by atoms with van der Waals surface area (Å²) in [6.07, 6.45) is 4.01. The summed E-state index contributed by atoms with van der Waals surface area (Å²) in [5, 5.41) is 12.3. The Morgan fingerprint density at radius 2 is 1.93 bits per heavy atom. The third kappa shape index (κ3) is 5.69. The summed E-state index contributed by atoms with van der Waals surface area (Å²) in [5.41, 5.74) is 8.69. The van der Waals surface area contributed by atoms with Crippen LogP contribution in [0.2, 0.25) is 0 Å². The van der Waals surface area contributed by atoms with Crippen LogP contribution in [0.25, 0.3) is 11.6 Å². The Kier molecular flexibility index (Phi) is 7.74. The molecule has 0 bridgehead atoms. The molecule has 2 N–H and O–H groups in total. The van der Waals surface area contributed by atoms with Gasteiger partial charge in [0.1, 0.15) is 29.8 Å². The molecule has 1 aliphatic heterocycles. The van der Waals surface area contributed by atoms with E-state index in [1.165, 1.54) is 30.4 Å². The van der Waals surface area contributed by atoms with Gasteiger partial charge in [0.05, 0.1) is 0 Å². The topological polar surface area (TPSA) is 143 Å². The Morgan fingerprint density at radius 3 is 2.63 bits per heavy atom. The van der Waals surface area contributed by atoms with Gasteiger partial charge in [-0.1, -0.05) is 25.2 Å². The number of hydrogen-bond acceptors (Lipinski definition) is 7. The van der Waals surface area contributed by atoms with Crippen molar-refractivity contribution in [1.29, 1.82) is 0 Å². The van der Waals surface area contributed by atoms with Crippen molar-refractivity contribution in [2.24, 2.45) is 5.92 Å². The lowest BCUT2D eigenvalue weighted by Gasteiger charge is -2.19. The second-order valence-corrected chi connectivity index (χ2v) is 6.71. The molecule has 1 heterocycles. The van der Waals surface area contributed by atoms with E-state index in [4.69, 9.17) is 15.0 Å². The van der Waals surface area contributed by atoms with E-state index in [9.17, 15) is 24.3 Å². The molecule has 2 atom stereocenters. The molecule has 9 heteroatoms. The smallest absolute Gasteiger partial charge is 0.342 e. The van der Waals surface area contributed by atoms with E-state index in [-0.39, 0.29) is 36.4 Å². The van der Waals surface area contributed by atoms with E-state index in [0.29, 0.717) is 0 Å². The maximum absolute atomic E-state index is 12.7. The molecule has 0 saturated heterocycles. The van der Waals surface area contributed by atoms with Gasteiger partial charge in [-0.15, -0.1) is 0 Å². The Bertz CT molecular complexity index is 934. The maximum atomic E-state index is 12.7. The fraction of sp³-hybridized carbons (Fsp3) is 0.333. The van der Waals surface area contributed by atoms with Crippen LogP contribution in [0.1, 0.15) is 36.2 Å². The molecule has 0 aromatic heterocycles. The van der Waals surface area contributed by atoms with Crippen LogP contribution in [-0.2, 0) is 19.1 Å². The molecule has 9 nitrogen and oxygen atoms in total. The highest BCUT2D eigenvalue weighted by atomic mass is 16.5. The molecule has 1 aromatic rings. The fourth-order valence-corrected chi connectivity index (χ4v) is 2.60. The normalized spacial score (nSPS) is 22.5. The van der Waals surface area contributed by atoms with Gasteiger partial charge in [0, 0.05) is 18.4 Å². The van der Waals surface area contributed by atoms with Gasteiger partial charge < -0.3 is 25.2 Å². The molecule has 1 aromatic carbocycles. The number of cyclic esters (lactones) is 1. The van der Waals surface area contributed by atoms with Gasteiger partial charge >= 0.3 is 5.97 Å². The molecule has 2 rings (SSSR count). The molecule has 30 heavy (non-hydrogen) atoms. The van der Waals surface area contributed by atoms with E-state index in [0.717, 1.165) is 6.08 Å². The van der Waals surface area contributed by atoms with Gasteiger partial charge in [0.2, 0.25) is 11.6 Å². The van der Waals surface area contributed by atoms with Crippen LogP contribution in [0, 0.1) is 5.92 Å². The number of nitrogens with one attached hydrogen (secondary N) is 1. The molecule has 0 spiro atoms. The number of phenolic OH excluding ortho intramolecular Hbond substituents is 1. The number of ether oxygens (including phenoxy) is 2. The molecule has 0 saturated carbocycles. The summed E-state index contributed by atoms with van der Waals surface area (Å²) in [5.74, 6) is -4.39. The molecule has 0 unspecified atom stereocenters. The van der Waals surface area contributed by atoms with E-state index >= 15 is 0 Å². The minimum absolute atomic E-state index is 0.0822. The summed E-state index contributed by atoms with van der Waals surface area (Å²) >= 11 is 0. The maximum Gasteiger partial charge on any atom is 0.342 e. The number of hydrogen-bond donors (Lipinski definition) is 2. The average molecular weight is 414 g/mol. The van der Waals surface area contributed by atoms with Gasteiger partial charge in [-0.25, -0.2) is 4.79 Å². The van der Waals surface area contributed by atoms with Gasteiger partial charge in [-0.3, -0.25) is 14.4 Å². The lowest BCUT2D eigenvalue weighted by atomic mass is 10.0. The van der Waals surface area contributed by atoms with Crippen LogP contribution in [0.4, 0.5) is 0 Å². The first-order chi connectivity index (χ1) is 14.2. The number of ketones is 3. The summed E-state index contributed by atoms with van der Waals surface area (Å²) < 4.78 is 10.8. The zero-order chi connectivity index (χ0) is 22.3. The van der Waals surface area contributed by atoms with Crippen LogP contribution in [0.5, 0.6) is 11.5 Å². The summed E-state index contributed by atoms with van der Waals surface area (Å²) in [6, 6.07) is 2.68. The third-order valence-electron chi connectivity index (χ3n) is 4.47. The zero-order valence-corrected chi connectivity index (χ0v) is 16.6. The minimum Gasteiger partial charge on any atom is -0.508 e. The van der Waals surface area contributed by atoms with Crippen molar-refractivity contribution in [2.75, 3.05) is 13.2 Å².